The second-order valence-corrected chi connectivity index (χ2v) is 3.53. The van der Waals surface area contributed by atoms with E-state index in [-0.39, 0.29) is 0 Å². The summed E-state index contributed by atoms with van der Waals surface area (Å²) in [6, 6.07) is 0. The Labute approximate surface area is 101 Å². The normalized spacial score (nSPS) is 16.7. The van der Waals surface area contributed by atoms with Crippen LogP contribution in [0, 0.1) is 0 Å². The molecule has 1 N–H and O–H groups in total. The highest BCUT2D eigenvalue weighted by molar-refractivity contribution is 7.95. The summed E-state index contributed by atoms with van der Waals surface area (Å²) in [6.45, 7) is 4.00. The van der Waals surface area contributed by atoms with E-state index in [9.17, 15) is 39.5 Å². The minimum atomic E-state index is -6.33. The third-order valence-corrected chi connectivity index (χ3v) is 2.10. The van der Waals surface area contributed by atoms with Crippen LogP contribution in [0.15, 0.2) is 0 Å². The Morgan fingerprint density at radius 3 is 1.28 bits per heavy atom. The maximum Gasteiger partial charge on any atom is 0.453 e. The summed E-state index contributed by atoms with van der Waals surface area (Å²) in [6.07, 6.45) is -15.6. The monoisotopic (exact) mass is 312 g/mol. The van der Waals surface area contributed by atoms with Gasteiger partial charge in [-0.05, 0) is 0 Å². The van der Waals surface area contributed by atoms with Crippen LogP contribution in [-0.4, -0.2) is 27.8 Å². The standard InChI is InChI=1S/C5H3F9OS.C2H6/c6-2(7,4(9,10)11)1-3(8,16-15)5(12,13)14;1-2/h15H,1H2;1-2H3. The maximum atomic E-state index is 12.7. The summed E-state index contributed by atoms with van der Waals surface area (Å²) in [5.41, 5.74) is 0. The van der Waals surface area contributed by atoms with Crippen molar-refractivity contribution in [1.29, 1.82) is 0 Å². The topological polar surface area (TPSA) is 20.2 Å². The Hall–Kier alpha value is -0.320. The van der Waals surface area contributed by atoms with Gasteiger partial charge in [-0.3, -0.25) is 0 Å². The van der Waals surface area contributed by atoms with Crippen molar-refractivity contribution in [2.45, 2.75) is 43.5 Å². The first-order valence-electron chi connectivity index (χ1n) is 4.29. The van der Waals surface area contributed by atoms with Gasteiger partial charge in [0.25, 0.3) is 5.00 Å². The van der Waals surface area contributed by atoms with E-state index >= 15 is 0 Å². The summed E-state index contributed by atoms with van der Waals surface area (Å²) >= 11 is -1.75. The highest BCUT2D eigenvalue weighted by Gasteiger charge is 2.68. The average molecular weight is 312 g/mol. The zero-order chi connectivity index (χ0) is 15.4. The number of halogens is 9. The van der Waals surface area contributed by atoms with Crippen LogP contribution in [-0.2, 0) is 0 Å². The Balaban J connectivity index is 0. The van der Waals surface area contributed by atoms with Gasteiger partial charge in [0.15, 0.2) is 0 Å². The second-order valence-electron chi connectivity index (χ2n) is 2.70. The Bertz CT molecular complexity index is 248. The molecular weight excluding hydrogens is 303 g/mol. The number of hydrogen-bond acceptors (Lipinski definition) is 2. The van der Waals surface area contributed by atoms with Gasteiger partial charge in [-0.2, -0.15) is 35.1 Å². The zero-order valence-corrected chi connectivity index (χ0v) is 9.78. The fourth-order valence-corrected chi connectivity index (χ4v) is 0.919. The molecule has 1 unspecified atom stereocenters. The molecule has 0 aliphatic heterocycles. The molecule has 1 atom stereocenters. The second kappa shape index (κ2) is 6.22. The number of rotatable bonds is 3. The molecule has 0 aliphatic rings. The van der Waals surface area contributed by atoms with E-state index in [2.05, 4.69) is 0 Å². The molecule has 0 bridgehead atoms. The van der Waals surface area contributed by atoms with E-state index < -0.39 is 41.7 Å². The largest absolute Gasteiger partial charge is 0.453 e. The van der Waals surface area contributed by atoms with Crippen LogP contribution in [0.2, 0.25) is 0 Å². The van der Waals surface area contributed by atoms with E-state index in [0.717, 1.165) is 0 Å². The molecule has 0 radical (unpaired) electrons. The molecule has 112 valence electrons. The zero-order valence-electron chi connectivity index (χ0n) is 8.96. The van der Waals surface area contributed by atoms with Crippen molar-refractivity contribution in [2.24, 2.45) is 0 Å². The third kappa shape index (κ3) is 4.75. The van der Waals surface area contributed by atoms with E-state index in [1.54, 1.807) is 0 Å². The summed E-state index contributed by atoms with van der Waals surface area (Å²) in [4.78, 5) is 0. The first-order chi connectivity index (χ1) is 7.77. The molecule has 0 aromatic carbocycles. The van der Waals surface area contributed by atoms with Gasteiger partial charge in [-0.15, -0.1) is 0 Å². The van der Waals surface area contributed by atoms with Crippen LogP contribution in [0.5, 0.6) is 0 Å². The van der Waals surface area contributed by atoms with Gasteiger partial charge < -0.3 is 4.55 Å². The summed E-state index contributed by atoms with van der Waals surface area (Å²) in [5, 5.41) is -5.08. The molecule has 0 saturated carbocycles. The number of hydrogen-bond donors (Lipinski definition) is 1. The lowest BCUT2D eigenvalue weighted by molar-refractivity contribution is -0.304. The first-order valence-corrected chi connectivity index (χ1v) is 5.07. The molecular formula is C7H9F9OS. The van der Waals surface area contributed by atoms with Crippen molar-refractivity contribution in [2.75, 3.05) is 0 Å². The Morgan fingerprint density at radius 1 is 0.778 bits per heavy atom. The molecule has 11 heteroatoms. The van der Waals surface area contributed by atoms with Crippen LogP contribution >= 0.6 is 12.0 Å². The molecule has 0 amide bonds. The van der Waals surface area contributed by atoms with Gasteiger partial charge in [0.2, 0.25) is 0 Å². The Morgan fingerprint density at radius 2 is 1.11 bits per heavy atom. The van der Waals surface area contributed by atoms with Crippen LogP contribution in [0.3, 0.4) is 0 Å². The minimum Gasteiger partial charge on any atom is -0.327 e. The van der Waals surface area contributed by atoms with E-state index in [1.807, 2.05) is 13.8 Å². The van der Waals surface area contributed by atoms with Crippen molar-refractivity contribution in [1.82, 2.24) is 0 Å². The van der Waals surface area contributed by atoms with Crippen LogP contribution in [0.4, 0.5) is 39.5 Å². The van der Waals surface area contributed by atoms with Crippen molar-refractivity contribution >= 4 is 12.0 Å². The molecule has 18 heavy (non-hydrogen) atoms. The molecule has 0 saturated heterocycles. The lowest BCUT2D eigenvalue weighted by Gasteiger charge is -2.29. The fraction of sp³-hybridized carbons (Fsp3) is 1.00. The van der Waals surface area contributed by atoms with Gasteiger partial charge >= 0.3 is 18.3 Å². The van der Waals surface area contributed by atoms with Crippen LogP contribution < -0.4 is 0 Å². The third-order valence-electron chi connectivity index (χ3n) is 1.43. The molecule has 0 spiro atoms. The lowest BCUT2D eigenvalue weighted by atomic mass is 10.1. The molecule has 1 nitrogen and oxygen atoms in total. The summed E-state index contributed by atoms with van der Waals surface area (Å²) < 4.78 is 115. The van der Waals surface area contributed by atoms with Crippen molar-refractivity contribution in [3.8, 4) is 0 Å². The quantitative estimate of drug-likeness (QED) is 0.582. The maximum absolute atomic E-state index is 12.7. The molecule has 0 fully saturated rings. The predicted octanol–water partition coefficient (Wildman–Crippen LogP) is 5.03. The first kappa shape index (κ1) is 20.0. The van der Waals surface area contributed by atoms with E-state index in [1.165, 1.54) is 0 Å². The minimum absolute atomic E-state index is 1.75. The van der Waals surface area contributed by atoms with Crippen molar-refractivity contribution in [3.05, 3.63) is 0 Å². The van der Waals surface area contributed by atoms with Crippen molar-refractivity contribution < 1.29 is 44.1 Å². The van der Waals surface area contributed by atoms with Gasteiger partial charge in [-0.1, -0.05) is 13.8 Å². The smallest absolute Gasteiger partial charge is 0.327 e. The molecule has 0 rings (SSSR count). The summed E-state index contributed by atoms with van der Waals surface area (Å²) in [5.74, 6) is -5.90. The van der Waals surface area contributed by atoms with E-state index in [4.69, 9.17) is 4.55 Å². The van der Waals surface area contributed by atoms with Crippen LogP contribution in [0.25, 0.3) is 0 Å². The number of alkyl halides is 9. The Kier molecular flexibility index (Phi) is 6.91. The average Bonchev–Trinajstić information content (AvgIpc) is 2.16. The van der Waals surface area contributed by atoms with Gasteiger partial charge in [0.05, 0.1) is 6.42 Å². The highest BCUT2D eigenvalue weighted by Crippen LogP contribution is 2.51. The van der Waals surface area contributed by atoms with Gasteiger partial charge in [-0.25, -0.2) is 4.39 Å². The highest BCUT2D eigenvalue weighted by atomic mass is 32.2. The SMILES string of the molecule is CC.OSC(F)(CC(F)(F)C(F)(F)F)C(F)(F)F. The molecule has 0 aromatic heterocycles. The molecule has 0 aromatic rings. The lowest BCUT2D eigenvalue weighted by Crippen LogP contribution is -2.48. The molecule has 0 aliphatic carbocycles. The molecule has 0 heterocycles. The van der Waals surface area contributed by atoms with Crippen LogP contribution in [0.1, 0.15) is 20.3 Å². The predicted molar refractivity (Wildman–Crippen MR) is 47.1 cm³/mol. The summed E-state index contributed by atoms with van der Waals surface area (Å²) in [7, 11) is 0. The van der Waals surface area contributed by atoms with Crippen molar-refractivity contribution in [3.63, 3.8) is 0 Å². The van der Waals surface area contributed by atoms with Gasteiger partial charge in [0, 0.05) is 12.0 Å². The van der Waals surface area contributed by atoms with E-state index in [0.29, 0.717) is 0 Å². The fourth-order valence-electron chi connectivity index (χ4n) is 0.570. The van der Waals surface area contributed by atoms with Gasteiger partial charge in [0.1, 0.15) is 0 Å².